The highest BCUT2D eigenvalue weighted by Gasteiger charge is 2.34. The molecule has 3 N–H and O–H groups in total. The number of likely N-dealkylation sites (tertiary alicyclic amines) is 1. The van der Waals surface area contributed by atoms with Gasteiger partial charge in [-0.1, -0.05) is 0 Å². The van der Waals surface area contributed by atoms with Crippen molar-refractivity contribution >= 4 is 6.03 Å². The van der Waals surface area contributed by atoms with Gasteiger partial charge >= 0.3 is 6.03 Å². The van der Waals surface area contributed by atoms with Gasteiger partial charge in [0.05, 0.1) is 5.60 Å². The van der Waals surface area contributed by atoms with E-state index in [1.165, 1.54) is 0 Å². The first-order valence-corrected chi connectivity index (χ1v) is 4.89. The SMILES string of the molecule is CNC(=O)N1CCC(CN)(OC)CC1. The van der Waals surface area contributed by atoms with Gasteiger partial charge in [0.15, 0.2) is 0 Å². The topological polar surface area (TPSA) is 67.6 Å². The number of nitrogens with zero attached hydrogens (tertiary/aromatic N) is 1. The fourth-order valence-electron chi connectivity index (χ4n) is 1.77. The molecule has 0 aromatic heterocycles. The molecule has 0 aromatic carbocycles. The first-order valence-electron chi connectivity index (χ1n) is 4.89. The summed E-state index contributed by atoms with van der Waals surface area (Å²) >= 11 is 0. The minimum Gasteiger partial charge on any atom is -0.377 e. The van der Waals surface area contributed by atoms with Crippen molar-refractivity contribution in [3.63, 3.8) is 0 Å². The lowest BCUT2D eigenvalue weighted by Gasteiger charge is -2.39. The van der Waals surface area contributed by atoms with Crippen LogP contribution in [0.25, 0.3) is 0 Å². The lowest BCUT2D eigenvalue weighted by molar-refractivity contribution is -0.0426. The van der Waals surface area contributed by atoms with Crippen LogP contribution in [0.2, 0.25) is 0 Å². The summed E-state index contributed by atoms with van der Waals surface area (Å²) < 4.78 is 5.41. The summed E-state index contributed by atoms with van der Waals surface area (Å²) in [6.45, 7) is 1.94. The number of carbonyl (C=O) groups is 1. The van der Waals surface area contributed by atoms with Gasteiger partial charge in [0, 0.05) is 33.8 Å². The lowest BCUT2D eigenvalue weighted by atomic mass is 9.91. The maximum absolute atomic E-state index is 11.3. The number of hydrogen-bond donors (Lipinski definition) is 2. The zero-order valence-electron chi connectivity index (χ0n) is 8.88. The number of nitrogens with one attached hydrogen (secondary N) is 1. The monoisotopic (exact) mass is 201 g/mol. The standard InChI is InChI=1S/C9H19N3O2/c1-11-8(13)12-5-3-9(7-10,14-2)4-6-12/h3-7,10H2,1-2H3,(H,11,13). The Balaban J connectivity index is 2.48. The molecule has 0 aliphatic carbocycles. The van der Waals surface area contributed by atoms with Gasteiger partial charge in [-0.2, -0.15) is 0 Å². The molecule has 0 saturated carbocycles. The van der Waals surface area contributed by atoms with E-state index in [4.69, 9.17) is 10.5 Å². The first kappa shape index (κ1) is 11.3. The molecule has 14 heavy (non-hydrogen) atoms. The van der Waals surface area contributed by atoms with Crippen molar-refractivity contribution in [3.05, 3.63) is 0 Å². The van der Waals surface area contributed by atoms with Crippen LogP contribution >= 0.6 is 0 Å². The molecule has 1 aliphatic rings. The summed E-state index contributed by atoms with van der Waals surface area (Å²) in [6, 6.07) is -0.0216. The molecule has 1 heterocycles. The number of amides is 2. The smallest absolute Gasteiger partial charge is 0.317 e. The third-order valence-electron chi connectivity index (χ3n) is 2.98. The molecule has 2 amide bonds. The van der Waals surface area contributed by atoms with E-state index in [2.05, 4.69) is 5.32 Å². The maximum atomic E-state index is 11.3. The Bertz CT molecular complexity index is 194. The van der Waals surface area contributed by atoms with Crippen LogP contribution in [0.5, 0.6) is 0 Å². The maximum Gasteiger partial charge on any atom is 0.317 e. The van der Waals surface area contributed by atoms with Gasteiger partial charge in [0.2, 0.25) is 0 Å². The van der Waals surface area contributed by atoms with Crippen molar-refractivity contribution < 1.29 is 9.53 Å². The highest BCUT2D eigenvalue weighted by atomic mass is 16.5. The Morgan fingerprint density at radius 3 is 2.50 bits per heavy atom. The second-order valence-electron chi connectivity index (χ2n) is 3.63. The van der Waals surface area contributed by atoms with Gasteiger partial charge in [-0.25, -0.2) is 4.79 Å². The van der Waals surface area contributed by atoms with Crippen LogP contribution < -0.4 is 11.1 Å². The van der Waals surface area contributed by atoms with Crippen LogP contribution in [0.1, 0.15) is 12.8 Å². The van der Waals surface area contributed by atoms with Crippen LogP contribution in [0.15, 0.2) is 0 Å². The van der Waals surface area contributed by atoms with Crippen LogP contribution in [0, 0.1) is 0 Å². The van der Waals surface area contributed by atoms with E-state index < -0.39 is 0 Å². The van der Waals surface area contributed by atoms with Crippen LogP contribution in [0.3, 0.4) is 0 Å². The molecule has 5 heteroatoms. The molecule has 5 nitrogen and oxygen atoms in total. The van der Waals surface area contributed by atoms with Crippen LogP contribution in [-0.2, 0) is 4.74 Å². The molecule has 0 unspecified atom stereocenters. The number of rotatable bonds is 2. The summed E-state index contributed by atoms with van der Waals surface area (Å²) in [5.41, 5.74) is 5.44. The Kier molecular flexibility index (Phi) is 3.71. The molecular weight excluding hydrogens is 182 g/mol. The second-order valence-corrected chi connectivity index (χ2v) is 3.63. The first-order chi connectivity index (χ1) is 6.67. The lowest BCUT2D eigenvalue weighted by Crippen LogP contribution is -2.52. The molecule has 1 rings (SSSR count). The number of hydrogen-bond acceptors (Lipinski definition) is 3. The number of nitrogens with two attached hydrogens (primary N) is 1. The summed E-state index contributed by atoms with van der Waals surface area (Å²) in [5, 5.41) is 2.61. The Hall–Kier alpha value is -0.810. The molecule has 0 atom stereocenters. The fraction of sp³-hybridized carbons (Fsp3) is 0.889. The van der Waals surface area contributed by atoms with Gasteiger partial charge in [0.25, 0.3) is 0 Å². The normalized spacial score (nSPS) is 20.6. The van der Waals surface area contributed by atoms with E-state index in [0.29, 0.717) is 19.6 Å². The molecule has 1 aliphatic heterocycles. The summed E-state index contributed by atoms with van der Waals surface area (Å²) in [5.74, 6) is 0. The molecule has 0 radical (unpaired) electrons. The van der Waals surface area contributed by atoms with E-state index >= 15 is 0 Å². The van der Waals surface area contributed by atoms with Gasteiger partial charge in [-0.3, -0.25) is 0 Å². The second kappa shape index (κ2) is 4.61. The number of piperidine rings is 1. The molecule has 0 spiro atoms. The van der Waals surface area contributed by atoms with Crippen LogP contribution in [-0.4, -0.2) is 50.3 Å². The molecule has 82 valence electrons. The van der Waals surface area contributed by atoms with E-state index in [-0.39, 0.29) is 11.6 Å². The summed E-state index contributed by atoms with van der Waals surface area (Å²) in [7, 11) is 3.33. The Labute approximate surface area is 84.6 Å². The predicted octanol–water partition coefficient (Wildman–Crippen LogP) is -0.234. The molecule has 1 saturated heterocycles. The van der Waals surface area contributed by atoms with Gasteiger partial charge in [0.1, 0.15) is 0 Å². The number of carbonyl (C=O) groups excluding carboxylic acids is 1. The third-order valence-corrected chi connectivity index (χ3v) is 2.98. The zero-order valence-corrected chi connectivity index (χ0v) is 8.88. The van der Waals surface area contributed by atoms with Crippen molar-refractivity contribution in [1.29, 1.82) is 0 Å². The van der Waals surface area contributed by atoms with E-state index in [1.54, 1.807) is 19.1 Å². The van der Waals surface area contributed by atoms with Gasteiger partial charge < -0.3 is 20.7 Å². The number of methoxy groups -OCH3 is 1. The van der Waals surface area contributed by atoms with E-state index in [1.807, 2.05) is 0 Å². The summed E-state index contributed by atoms with van der Waals surface area (Å²) in [4.78, 5) is 13.1. The van der Waals surface area contributed by atoms with Crippen molar-refractivity contribution in [3.8, 4) is 0 Å². The van der Waals surface area contributed by atoms with Gasteiger partial charge in [-0.05, 0) is 12.8 Å². The zero-order chi connectivity index (χ0) is 10.6. The Morgan fingerprint density at radius 1 is 1.57 bits per heavy atom. The third kappa shape index (κ3) is 2.16. The minimum atomic E-state index is -0.218. The molecule has 1 fully saturated rings. The molecule has 0 aromatic rings. The van der Waals surface area contributed by atoms with Crippen molar-refractivity contribution in [2.75, 3.05) is 33.8 Å². The predicted molar refractivity (Wildman–Crippen MR) is 54.1 cm³/mol. The highest BCUT2D eigenvalue weighted by molar-refractivity contribution is 5.73. The Morgan fingerprint density at radius 2 is 2.14 bits per heavy atom. The van der Waals surface area contributed by atoms with E-state index in [0.717, 1.165) is 12.8 Å². The van der Waals surface area contributed by atoms with Crippen LogP contribution in [0.4, 0.5) is 4.79 Å². The summed E-state index contributed by atoms with van der Waals surface area (Å²) in [6.07, 6.45) is 1.63. The average molecular weight is 201 g/mol. The fourth-order valence-corrected chi connectivity index (χ4v) is 1.77. The van der Waals surface area contributed by atoms with Crippen molar-refractivity contribution in [2.24, 2.45) is 5.73 Å². The number of ether oxygens (including phenoxy) is 1. The quantitative estimate of drug-likeness (QED) is 0.648. The van der Waals surface area contributed by atoms with Crippen molar-refractivity contribution in [2.45, 2.75) is 18.4 Å². The van der Waals surface area contributed by atoms with Crippen molar-refractivity contribution in [1.82, 2.24) is 10.2 Å². The van der Waals surface area contributed by atoms with E-state index in [9.17, 15) is 4.79 Å². The number of urea groups is 1. The van der Waals surface area contributed by atoms with Gasteiger partial charge in [-0.15, -0.1) is 0 Å². The molecular formula is C9H19N3O2. The average Bonchev–Trinajstić information content (AvgIpc) is 2.28. The largest absolute Gasteiger partial charge is 0.377 e. The highest BCUT2D eigenvalue weighted by Crippen LogP contribution is 2.24. The minimum absolute atomic E-state index is 0.0216. The molecule has 0 bridgehead atoms.